The molecule has 0 aliphatic carbocycles. The van der Waals surface area contributed by atoms with Gasteiger partial charge in [0.25, 0.3) is 0 Å². The summed E-state index contributed by atoms with van der Waals surface area (Å²) >= 11 is 2.01. The highest BCUT2D eigenvalue weighted by atomic mass is 127. The van der Waals surface area contributed by atoms with Gasteiger partial charge in [0, 0.05) is 37.7 Å². The molecule has 1 rings (SSSR count). The third-order valence-electron chi connectivity index (χ3n) is 3.69. The molecule has 1 aliphatic rings. The van der Waals surface area contributed by atoms with Crippen LogP contribution >= 0.6 is 35.7 Å². The Bertz CT molecular complexity index is 461. The van der Waals surface area contributed by atoms with Crippen LogP contribution in [0.2, 0.25) is 0 Å². The summed E-state index contributed by atoms with van der Waals surface area (Å²) < 4.78 is 23.5. The lowest BCUT2D eigenvalue weighted by Gasteiger charge is -2.34. The third-order valence-corrected chi connectivity index (χ3v) is 7.67. The Morgan fingerprint density at radius 3 is 2.55 bits per heavy atom. The van der Waals surface area contributed by atoms with Crippen LogP contribution in [0.15, 0.2) is 4.99 Å². The fourth-order valence-corrected chi connectivity index (χ4v) is 4.26. The predicted octanol–water partition coefficient (Wildman–Crippen LogP) is 2.22. The first kappa shape index (κ1) is 22.3. The normalized spacial score (nSPS) is 20.5. The highest BCUT2D eigenvalue weighted by molar-refractivity contribution is 14.0. The van der Waals surface area contributed by atoms with Crippen molar-refractivity contribution in [2.45, 2.75) is 44.1 Å². The van der Waals surface area contributed by atoms with Gasteiger partial charge in [-0.1, -0.05) is 6.92 Å². The van der Waals surface area contributed by atoms with Gasteiger partial charge in [-0.05, 0) is 27.2 Å². The van der Waals surface area contributed by atoms with Crippen molar-refractivity contribution in [1.82, 2.24) is 10.2 Å². The van der Waals surface area contributed by atoms with Gasteiger partial charge in [-0.2, -0.15) is 11.8 Å². The molecule has 0 amide bonds. The summed E-state index contributed by atoms with van der Waals surface area (Å²) in [7, 11) is -1.33. The molecule has 1 aliphatic heterocycles. The number of thioether (sulfide) groups is 1. The average Bonchev–Trinajstić information content (AvgIpc) is 2.42. The predicted molar refractivity (Wildman–Crippen MR) is 108 cm³/mol. The molecule has 22 heavy (non-hydrogen) atoms. The van der Waals surface area contributed by atoms with Gasteiger partial charge >= 0.3 is 0 Å². The monoisotopic (exact) mass is 463 g/mol. The molecule has 1 unspecified atom stereocenters. The lowest BCUT2D eigenvalue weighted by Crippen LogP contribution is -2.49. The van der Waals surface area contributed by atoms with Gasteiger partial charge < -0.3 is 10.2 Å². The SMILES string of the molecule is CCC1CN(C(=NC)NCCS(=O)(=O)C(C)(C)C)CCS1.I. The maximum absolute atomic E-state index is 12.1. The molecule has 0 aromatic carbocycles. The lowest BCUT2D eigenvalue weighted by atomic mass is 10.3. The van der Waals surface area contributed by atoms with E-state index in [1.54, 1.807) is 27.8 Å². The quantitative estimate of drug-likeness (QED) is 0.394. The molecular formula is C14H30IN3O2S2. The number of hydrogen-bond acceptors (Lipinski definition) is 4. The molecule has 0 saturated carbocycles. The molecule has 1 fully saturated rings. The van der Waals surface area contributed by atoms with E-state index in [-0.39, 0.29) is 29.7 Å². The van der Waals surface area contributed by atoms with Gasteiger partial charge in [0.2, 0.25) is 0 Å². The number of nitrogens with zero attached hydrogens (tertiary/aromatic N) is 2. The minimum absolute atomic E-state index is 0. The number of hydrogen-bond donors (Lipinski definition) is 1. The first-order chi connectivity index (χ1) is 9.71. The van der Waals surface area contributed by atoms with Gasteiger partial charge in [-0.15, -0.1) is 24.0 Å². The van der Waals surface area contributed by atoms with Crippen molar-refractivity contribution in [3.63, 3.8) is 0 Å². The molecule has 1 N–H and O–H groups in total. The maximum Gasteiger partial charge on any atom is 0.193 e. The van der Waals surface area contributed by atoms with Crippen molar-refractivity contribution >= 4 is 51.5 Å². The maximum atomic E-state index is 12.1. The number of guanidine groups is 1. The minimum Gasteiger partial charge on any atom is -0.355 e. The van der Waals surface area contributed by atoms with Gasteiger partial charge in [-0.3, -0.25) is 4.99 Å². The first-order valence-electron chi connectivity index (χ1n) is 7.50. The Morgan fingerprint density at radius 1 is 1.41 bits per heavy atom. The summed E-state index contributed by atoms with van der Waals surface area (Å²) in [4.78, 5) is 6.52. The molecule has 132 valence electrons. The first-order valence-corrected chi connectivity index (χ1v) is 10.2. The highest BCUT2D eigenvalue weighted by Crippen LogP contribution is 2.21. The topological polar surface area (TPSA) is 61.8 Å². The van der Waals surface area contributed by atoms with E-state index in [1.807, 2.05) is 11.8 Å². The van der Waals surface area contributed by atoms with Crippen LogP contribution in [-0.4, -0.2) is 67.5 Å². The third kappa shape index (κ3) is 6.43. The second kappa shape index (κ2) is 9.56. The Morgan fingerprint density at radius 2 is 2.05 bits per heavy atom. The van der Waals surface area contributed by atoms with Crippen molar-refractivity contribution < 1.29 is 8.42 Å². The van der Waals surface area contributed by atoms with E-state index >= 15 is 0 Å². The smallest absolute Gasteiger partial charge is 0.193 e. The van der Waals surface area contributed by atoms with Crippen molar-refractivity contribution in [2.24, 2.45) is 4.99 Å². The van der Waals surface area contributed by atoms with Crippen molar-refractivity contribution in [3.8, 4) is 0 Å². The van der Waals surface area contributed by atoms with Crippen molar-refractivity contribution in [3.05, 3.63) is 0 Å². The van der Waals surface area contributed by atoms with Crippen molar-refractivity contribution in [1.29, 1.82) is 0 Å². The standard InChI is InChI=1S/C14H29N3O2S2.HI/c1-6-12-11-17(8-9-20-12)13(15-5)16-7-10-21(18,19)14(2,3)4;/h12H,6-11H2,1-5H3,(H,15,16);1H. The number of nitrogens with one attached hydrogen (secondary N) is 1. The Balaban J connectivity index is 0.00000441. The van der Waals surface area contributed by atoms with Gasteiger partial charge in [-0.25, -0.2) is 8.42 Å². The lowest BCUT2D eigenvalue weighted by molar-refractivity contribution is 0.409. The fourth-order valence-electron chi connectivity index (χ4n) is 2.09. The number of rotatable bonds is 4. The molecule has 0 radical (unpaired) electrons. The van der Waals surface area contributed by atoms with Crippen LogP contribution in [0, 0.1) is 0 Å². The number of halogens is 1. The Hall–Kier alpha value is 0.300. The average molecular weight is 463 g/mol. The second-order valence-electron chi connectivity index (χ2n) is 6.25. The van der Waals surface area contributed by atoms with E-state index in [4.69, 9.17) is 0 Å². The Labute approximate surface area is 157 Å². The summed E-state index contributed by atoms with van der Waals surface area (Å²) in [6.07, 6.45) is 1.15. The van der Waals surface area contributed by atoms with E-state index in [1.165, 1.54) is 0 Å². The van der Waals surface area contributed by atoms with E-state index < -0.39 is 14.6 Å². The van der Waals surface area contributed by atoms with E-state index in [2.05, 4.69) is 22.1 Å². The number of aliphatic imine (C=N–C) groups is 1. The van der Waals surface area contributed by atoms with Crippen molar-refractivity contribution in [2.75, 3.05) is 38.2 Å². The zero-order chi connectivity index (χ0) is 16.1. The molecule has 0 aromatic heterocycles. The largest absolute Gasteiger partial charge is 0.355 e. The summed E-state index contributed by atoms with van der Waals surface area (Å²) in [5.41, 5.74) is 0. The fraction of sp³-hybridized carbons (Fsp3) is 0.929. The molecule has 1 heterocycles. The molecule has 0 aromatic rings. The van der Waals surface area contributed by atoms with Gasteiger partial charge in [0.15, 0.2) is 15.8 Å². The summed E-state index contributed by atoms with van der Waals surface area (Å²) in [5.74, 6) is 2.05. The molecule has 0 bridgehead atoms. The second-order valence-corrected chi connectivity index (χ2v) is 10.5. The highest BCUT2D eigenvalue weighted by Gasteiger charge is 2.28. The van der Waals surface area contributed by atoms with E-state index in [0.717, 1.165) is 31.2 Å². The van der Waals surface area contributed by atoms with Gasteiger partial charge in [0.05, 0.1) is 10.5 Å². The van der Waals surface area contributed by atoms with E-state index in [0.29, 0.717) is 11.8 Å². The molecule has 1 saturated heterocycles. The van der Waals surface area contributed by atoms with Gasteiger partial charge in [0.1, 0.15) is 0 Å². The van der Waals surface area contributed by atoms with Crippen LogP contribution in [0.3, 0.4) is 0 Å². The summed E-state index contributed by atoms with van der Waals surface area (Å²) in [5, 5.41) is 3.83. The zero-order valence-electron chi connectivity index (χ0n) is 14.3. The zero-order valence-corrected chi connectivity index (χ0v) is 18.2. The van der Waals surface area contributed by atoms with E-state index in [9.17, 15) is 8.42 Å². The minimum atomic E-state index is -3.09. The summed E-state index contributed by atoms with van der Waals surface area (Å²) in [6.45, 7) is 9.78. The molecular weight excluding hydrogens is 433 g/mol. The van der Waals surface area contributed by atoms with Crippen LogP contribution in [-0.2, 0) is 9.84 Å². The summed E-state index contributed by atoms with van der Waals surface area (Å²) in [6, 6.07) is 0. The molecule has 0 spiro atoms. The Kier molecular flexibility index (Phi) is 9.69. The molecule has 8 heteroatoms. The number of sulfone groups is 1. The molecule has 5 nitrogen and oxygen atoms in total. The van der Waals surface area contributed by atoms with Crippen LogP contribution in [0.4, 0.5) is 0 Å². The van der Waals surface area contributed by atoms with Crippen LogP contribution in [0.5, 0.6) is 0 Å². The van der Waals surface area contributed by atoms with Crippen LogP contribution < -0.4 is 5.32 Å². The van der Waals surface area contributed by atoms with Crippen LogP contribution in [0.1, 0.15) is 34.1 Å². The van der Waals surface area contributed by atoms with Crippen LogP contribution in [0.25, 0.3) is 0 Å². The molecule has 1 atom stereocenters.